The number of likely N-dealkylation sites (N-methyl/N-ethyl adjacent to an activating group) is 1. The average molecular weight is 854 g/mol. The van der Waals surface area contributed by atoms with Gasteiger partial charge in [0.15, 0.2) is 0 Å². The van der Waals surface area contributed by atoms with Gasteiger partial charge in [-0.3, -0.25) is 24.2 Å². The van der Waals surface area contributed by atoms with Gasteiger partial charge in [0, 0.05) is 96.5 Å². The summed E-state index contributed by atoms with van der Waals surface area (Å²) in [5.74, 6) is -0.624. The highest BCUT2D eigenvalue weighted by atomic mass is 16.6. The number of anilines is 1. The molecule has 1 amide bonds. The summed E-state index contributed by atoms with van der Waals surface area (Å²) in [6, 6.07) is 20.6. The van der Waals surface area contributed by atoms with Crippen molar-refractivity contribution in [2.75, 3.05) is 58.9 Å². The van der Waals surface area contributed by atoms with Gasteiger partial charge in [-0.25, -0.2) is 0 Å². The molecule has 3 aromatic carbocycles. The molecule has 12 nitrogen and oxygen atoms in total. The minimum atomic E-state index is -1.79. The molecule has 3 N–H and O–H groups in total. The third-order valence-corrected chi connectivity index (χ3v) is 15.9. The van der Waals surface area contributed by atoms with Crippen LogP contribution in [-0.2, 0) is 36.4 Å². The van der Waals surface area contributed by atoms with Gasteiger partial charge in [0.25, 0.3) is 5.91 Å². The van der Waals surface area contributed by atoms with Crippen LogP contribution in [0.15, 0.2) is 90.5 Å². The van der Waals surface area contributed by atoms with E-state index in [4.69, 9.17) is 14.2 Å². The van der Waals surface area contributed by atoms with Crippen LogP contribution in [-0.4, -0.2) is 116 Å². The predicted octanol–water partition coefficient (Wildman–Crippen LogP) is 6.01. The first-order valence-electron chi connectivity index (χ1n) is 22.6. The Morgan fingerprint density at radius 1 is 0.984 bits per heavy atom. The van der Waals surface area contributed by atoms with Crippen molar-refractivity contribution in [3.8, 4) is 5.75 Å². The number of ether oxygens (including phenoxy) is 3. The molecule has 330 valence electrons. The van der Waals surface area contributed by atoms with E-state index in [1.54, 1.807) is 19.2 Å². The minimum absolute atomic E-state index is 0.0367. The molecule has 2 bridgehead atoms. The highest BCUT2D eigenvalue weighted by Crippen LogP contribution is 2.68. The lowest BCUT2D eigenvalue weighted by atomic mass is 9.47. The first kappa shape index (κ1) is 41.6. The van der Waals surface area contributed by atoms with Gasteiger partial charge in [0.2, 0.25) is 0 Å². The van der Waals surface area contributed by atoms with Crippen molar-refractivity contribution in [2.45, 2.75) is 87.6 Å². The van der Waals surface area contributed by atoms with Crippen LogP contribution in [0.25, 0.3) is 10.9 Å². The van der Waals surface area contributed by atoms with Gasteiger partial charge in [-0.2, -0.15) is 0 Å². The third-order valence-electron chi connectivity index (χ3n) is 15.9. The smallest absolute Gasteiger partial charge is 0.322 e. The van der Waals surface area contributed by atoms with E-state index < -0.39 is 40.0 Å². The van der Waals surface area contributed by atoms with E-state index in [0.29, 0.717) is 49.2 Å². The van der Waals surface area contributed by atoms with Crippen LogP contribution < -0.4 is 15.0 Å². The lowest BCUT2D eigenvalue weighted by Gasteiger charge is -2.64. The van der Waals surface area contributed by atoms with Crippen LogP contribution in [0.2, 0.25) is 0 Å². The van der Waals surface area contributed by atoms with Crippen LogP contribution in [0, 0.1) is 11.3 Å². The van der Waals surface area contributed by atoms with Crippen molar-refractivity contribution >= 4 is 34.4 Å². The molecular formula is C51H59N5O7. The highest BCUT2D eigenvalue weighted by molar-refractivity contribution is 5.95. The van der Waals surface area contributed by atoms with Crippen molar-refractivity contribution < 1.29 is 33.7 Å². The van der Waals surface area contributed by atoms with Crippen LogP contribution >= 0.6 is 0 Å². The quantitative estimate of drug-likeness (QED) is 0.136. The Hall–Kier alpha value is -5.43. The summed E-state index contributed by atoms with van der Waals surface area (Å²) in [4.78, 5) is 53.4. The van der Waals surface area contributed by atoms with E-state index in [-0.39, 0.29) is 30.4 Å². The van der Waals surface area contributed by atoms with Gasteiger partial charge in [0.05, 0.1) is 26.8 Å². The summed E-state index contributed by atoms with van der Waals surface area (Å²) in [7, 11) is 5.12. The number of carbonyl (C=O) groups is 3. The monoisotopic (exact) mass is 853 g/mol. The molecule has 5 aliphatic heterocycles. The zero-order valence-corrected chi connectivity index (χ0v) is 37.2. The van der Waals surface area contributed by atoms with Crippen molar-refractivity contribution in [1.82, 2.24) is 20.1 Å². The Bertz CT molecular complexity index is 2570. The van der Waals surface area contributed by atoms with Crippen molar-refractivity contribution in [2.24, 2.45) is 11.3 Å². The second kappa shape index (κ2) is 15.1. The number of aliphatic hydroxyl groups is 1. The van der Waals surface area contributed by atoms with E-state index in [1.165, 1.54) is 19.6 Å². The molecule has 6 aliphatic rings. The Balaban J connectivity index is 1.24. The zero-order chi connectivity index (χ0) is 44.1. The fourth-order valence-corrected chi connectivity index (χ4v) is 13.7. The number of nitrogens with zero attached hydrogens (tertiary/aromatic N) is 3. The SMILES string of the molecule is CCC1=C[C@@H]2CN(C1)Cc1c([nH]c3ccccc13)[C@@](C(=O)OC)(c1cc3c(cc1OC)N(C)[C@H]1[C@@](O)(CNC(=O)c4ccccc4)[C@H](OC(C)=O)[C@]4(CC)C=CCN5CC[C@]31[C@@H]54)C2. The van der Waals surface area contributed by atoms with Gasteiger partial charge in [-0.1, -0.05) is 74.0 Å². The normalized spacial score (nSPS) is 32.7. The van der Waals surface area contributed by atoms with Crippen molar-refractivity contribution in [3.05, 3.63) is 118 Å². The van der Waals surface area contributed by atoms with Crippen LogP contribution in [0.4, 0.5) is 5.69 Å². The maximum absolute atomic E-state index is 15.3. The summed E-state index contributed by atoms with van der Waals surface area (Å²) >= 11 is 0. The fraction of sp³-hybridized carbons (Fsp3) is 0.471. The second-order valence-corrected chi connectivity index (χ2v) is 18.9. The molecule has 12 heteroatoms. The molecule has 6 heterocycles. The molecule has 1 unspecified atom stereocenters. The minimum Gasteiger partial charge on any atom is -0.496 e. The Kier molecular flexibility index (Phi) is 9.96. The molecule has 9 atom stereocenters. The van der Waals surface area contributed by atoms with Gasteiger partial charge < -0.3 is 34.5 Å². The predicted molar refractivity (Wildman–Crippen MR) is 241 cm³/mol. The molecule has 1 saturated carbocycles. The first-order valence-corrected chi connectivity index (χ1v) is 22.6. The van der Waals surface area contributed by atoms with Gasteiger partial charge >= 0.3 is 11.9 Å². The van der Waals surface area contributed by atoms with Crippen molar-refractivity contribution in [1.29, 1.82) is 0 Å². The van der Waals surface area contributed by atoms with Gasteiger partial charge in [-0.05, 0) is 73.5 Å². The van der Waals surface area contributed by atoms with E-state index in [1.807, 2.05) is 37.4 Å². The number of hydrogen-bond donors (Lipinski definition) is 3. The van der Waals surface area contributed by atoms with E-state index >= 15 is 4.79 Å². The number of amides is 1. The largest absolute Gasteiger partial charge is 0.496 e. The number of para-hydroxylation sites is 1. The van der Waals surface area contributed by atoms with Crippen molar-refractivity contribution in [3.63, 3.8) is 0 Å². The summed E-state index contributed by atoms with van der Waals surface area (Å²) in [6.07, 6.45) is 8.28. The molecule has 0 radical (unpaired) electrons. The third kappa shape index (κ3) is 5.79. The number of nitrogens with one attached hydrogen (secondary N) is 2. The summed E-state index contributed by atoms with van der Waals surface area (Å²) in [5, 5.41) is 18.1. The highest BCUT2D eigenvalue weighted by Gasteiger charge is 2.78. The second-order valence-electron chi connectivity index (χ2n) is 18.9. The van der Waals surface area contributed by atoms with Crippen LogP contribution in [0.3, 0.4) is 0 Å². The topological polar surface area (TPSA) is 137 Å². The number of rotatable bonds is 9. The molecule has 1 aromatic heterocycles. The fourth-order valence-electron chi connectivity index (χ4n) is 13.7. The Morgan fingerprint density at radius 2 is 1.76 bits per heavy atom. The number of aromatic amines is 1. The number of fused-ring (bicyclic) bond motifs is 6. The number of carbonyl (C=O) groups excluding carboxylic acids is 3. The number of H-pyrrole nitrogens is 1. The molecule has 1 spiro atoms. The number of hydrogen-bond acceptors (Lipinski definition) is 10. The molecule has 10 rings (SSSR count). The first-order chi connectivity index (χ1) is 30.4. The molecule has 4 aromatic rings. The Labute approximate surface area is 369 Å². The molecule has 63 heavy (non-hydrogen) atoms. The van der Waals surface area contributed by atoms with E-state index in [0.717, 1.165) is 59.5 Å². The van der Waals surface area contributed by atoms with Crippen LogP contribution in [0.5, 0.6) is 5.75 Å². The maximum atomic E-state index is 15.3. The number of aromatic nitrogens is 1. The number of esters is 2. The zero-order valence-electron chi connectivity index (χ0n) is 37.2. The van der Waals surface area contributed by atoms with Gasteiger partial charge in [-0.15, -0.1) is 0 Å². The van der Waals surface area contributed by atoms with Crippen LogP contribution in [0.1, 0.15) is 79.2 Å². The number of methoxy groups -OCH3 is 2. The maximum Gasteiger partial charge on any atom is 0.322 e. The summed E-state index contributed by atoms with van der Waals surface area (Å²) < 4.78 is 18.8. The lowest BCUT2D eigenvalue weighted by Crippen LogP contribution is -2.81. The number of benzene rings is 3. The Morgan fingerprint density at radius 3 is 2.49 bits per heavy atom. The average Bonchev–Trinajstić information content (AvgIpc) is 3.95. The van der Waals surface area contributed by atoms with E-state index in [9.17, 15) is 14.7 Å². The molecule has 1 saturated heterocycles. The molecule has 2 fully saturated rings. The summed E-state index contributed by atoms with van der Waals surface area (Å²) in [6.45, 7) is 9.29. The molecular weight excluding hydrogens is 795 g/mol. The summed E-state index contributed by atoms with van der Waals surface area (Å²) in [5.41, 5.74) is 2.52. The van der Waals surface area contributed by atoms with Gasteiger partial charge in [0.1, 0.15) is 22.9 Å². The lowest BCUT2D eigenvalue weighted by molar-refractivity contribution is -0.216. The standard InChI is InChI=1S/C51H59N5O7/c1-7-32-23-33-26-50(47(59)62-6,42-36(29-55(27-32)28-33)35-17-12-13-18-39(35)53-42)38-24-37-40(25-41(38)61-5)54(4)45-49(37)20-22-56-21-14-19-48(8-2,44(49)56)46(63-31(3)57)51(45,60)30-52-43(58)34-15-10-9-11-16-34/h9-19,23-25,33,44-46,53,60H,7-8,20-22,26-30H2,1-6H3,(H,52,58)/t33-,44-,45+,46+,48+,49+,50-,51-/m0/s1. The van der Waals surface area contributed by atoms with E-state index in [2.05, 4.69) is 81.3 Å². The molecule has 1 aliphatic carbocycles.